The number of hydrogen-bond donors (Lipinski definition) is 2. The van der Waals surface area contributed by atoms with Crippen LogP contribution in [0.3, 0.4) is 0 Å². The molecular weight excluding hydrogens is 371 g/mol. The van der Waals surface area contributed by atoms with Crippen LogP contribution in [0, 0.1) is 3.57 Å². The van der Waals surface area contributed by atoms with E-state index >= 15 is 0 Å². The highest BCUT2D eigenvalue weighted by molar-refractivity contribution is 14.1. The molecule has 20 heavy (non-hydrogen) atoms. The summed E-state index contributed by atoms with van der Waals surface area (Å²) in [6, 6.07) is 11.7. The standard InChI is InChI=1S/C14H9IN2O3/c15-11-5-4-9(7-12(11)19)14-16-13(17-20-14)8-2-1-3-10(18)6-8/h1-7,18-19H. The van der Waals surface area contributed by atoms with Gasteiger partial charge in [-0.1, -0.05) is 17.3 Å². The second-order valence-electron chi connectivity index (χ2n) is 4.14. The normalized spacial score (nSPS) is 10.7. The van der Waals surface area contributed by atoms with Crippen LogP contribution < -0.4 is 0 Å². The van der Waals surface area contributed by atoms with Gasteiger partial charge in [-0.05, 0) is 52.9 Å². The van der Waals surface area contributed by atoms with E-state index in [9.17, 15) is 10.2 Å². The van der Waals surface area contributed by atoms with Crippen LogP contribution in [0.5, 0.6) is 11.5 Å². The van der Waals surface area contributed by atoms with Crippen molar-refractivity contribution in [1.82, 2.24) is 10.1 Å². The molecule has 0 amide bonds. The van der Waals surface area contributed by atoms with E-state index in [0.29, 0.717) is 22.8 Å². The first kappa shape index (κ1) is 12.9. The summed E-state index contributed by atoms with van der Waals surface area (Å²) < 4.78 is 5.93. The Morgan fingerprint density at radius 2 is 1.85 bits per heavy atom. The molecule has 5 nitrogen and oxygen atoms in total. The lowest BCUT2D eigenvalue weighted by atomic mass is 10.2. The van der Waals surface area contributed by atoms with Crippen molar-refractivity contribution < 1.29 is 14.7 Å². The summed E-state index contributed by atoms with van der Waals surface area (Å²) in [4.78, 5) is 4.26. The number of hydrogen-bond acceptors (Lipinski definition) is 5. The van der Waals surface area contributed by atoms with Crippen molar-refractivity contribution in [2.45, 2.75) is 0 Å². The third-order valence-corrected chi connectivity index (χ3v) is 3.64. The predicted octanol–water partition coefficient (Wildman–Crippen LogP) is 3.42. The Morgan fingerprint density at radius 1 is 1.00 bits per heavy atom. The molecule has 0 bridgehead atoms. The topological polar surface area (TPSA) is 79.4 Å². The van der Waals surface area contributed by atoms with Crippen molar-refractivity contribution in [3.05, 3.63) is 46.0 Å². The number of aromatic hydroxyl groups is 2. The molecule has 100 valence electrons. The number of phenolic OH excluding ortho intramolecular Hbond substituents is 2. The smallest absolute Gasteiger partial charge is 0.258 e. The zero-order valence-electron chi connectivity index (χ0n) is 10.1. The van der Waals surface area contributed by atoms with Crippen molar-refractivity contribution in [3.8, 4) is 34.3 Å². The average molecular weight is 380 g/mol. The third-order valence-electron chi connectivity index (χ3n) is 2.72. The third kappa shape index (κ3) is 2.46. The van der Waals surface area contributed by atoms with Gasteiger partial charge < -0.3 is 14.7 Å². The maximum atomic E-state index is 9.69. The van der Waals surface area contributed by atoms with E-state index in [0.717, 1.165) is 3.57 Å². The summed E-state index contributed by atoms with van der Waals surface area (Å²) >= 11 is 2.03. The Morgan fingerprint density at radius 3 is 2.60 bits per heavy atom. The van der Waals surface area contributed by atoms with Gasteiger partial charge in [-0.25, -0.2) is 0 Å². The van der Waals surface area contributed by atoms with Crippen LogP contribution in [0.25, 0.3) is 22.8 Å². The van der Waals surface area contributed by atoms with Crippen LogP contribution in [-0.2, 0) is 0 Å². The van der Waals surface area contributed by atoms with Gasteiger partial charge in [0.05, 0.1) is 3.57 Å². The summed E-state index contributed by atoms with van der Waals surface area (Å²) in [7, 11) is 0. The summed E-state index contributed by atoms with van der Waals surface area (Å²) in [6.45, 7) is 0. The molecule has 0 aliphatic carbocycles. The molecule has 2 aromatic carbocycles. The molecule has 0 aliphatic heterocycles. The van der Waals surface area contributed by atoms with Crippen LogP contribution in [-0.4, -0.2) is 20.4 Å². The van der Waals surface area contributed by atoms with E-state index in [2.05, 4.69) is 10.1 Å². The van der Waals surface area contributed by atoms with Crippen LogP contribution >= 0.6 is 22.6 Å². The maximum absolute atomic E-state index is 9.69. The first-order valence-electron chi connectivity index (χ1n) is 5.75. The number of nitrogens with zero attached hydrogens (tertiary/aromatic N) is 2. The van der Waals surface area contributed by atoms with Crippen LogP contribution in [0.4, 0.5) is 0 Å². The lowest BCUT2D eigenvalue weighted by Gasteiger charge is -1.98. The Hall–Kier alpha value is -2.09. The molecule has 1 aromatic heterocycles. The fourth-order valence-electron chi connectivity index (χ4n) is 1.75. The van der Waals surface area contributed by atoms with Gasteiger partial charge in [0.2, 0.25) is 5.82 Å². The number of aromatic nitrogens is 2. The zero-order chi connectivity index (χ0) is 14.1. The van der Waals surface area contributed by atoms with Gasteiger partial charge in [0.1, 0.15) is 11.5 Å². The van der Waals surface area contributed by atoms with E-state index in [-0.39, 0.29) is 11.5 Å². The van der Waals surface area contributed by atoms with E-state index < -0.39 is 0 Å². The molecule has 0 radical (unpaired) electrons. The van der Waals surface area contributed by atoms with Crippen LogP contribution in [0.15, 0.2) is 47.0 Å². The molecule has 1 heterocycles. The second kappa shape index (κ2) is 5.12. The Labute approximate surface area is 128 Å². The first-order chi connectivity index (χ1) is 9.63. The van der Waals surface area contributed by atoms with Gasteiger partial charge in [0.15, 0.2) is 0 Å². The van der Waals surface area contributed by atoms with Crippen molar-refractivity contribution in [3.63, 3.8) is 0 Å². The predicted molar refractivity (Wildman–Crippen MR) is 81.2 cm³/mol. The fraction of sp³-hybridized carbons (Fsp3) is 0. The lowest BCUT2D eigenvalue weighted by Crippen LogP contribution is -1.82. The number of halogens is 1. The van der Waals surface area contributed by atoms with Crippen molar-refractivity contribution in [1.29, 1.82) is 0 Å². The molecule has 0 saturated carbocycles. The summed E-state index contributed by atoms with van der Waals surface area (Å²) in [5, 5.41) is 23.0. The molecule has 0 atom stereocenters. The maximum Gasteiger partial charge on any atom is 0.258 e. The molecule has 0 unspecified atom stereocenters. The summed E-state index contributed by atoms with van der Waals surface area (Å²) in [5.74, 6) is 1.00. The van der Waals surface area contributed by atoms with Gasteiger partial charge >= 0.3 is 0 Å². The molecule has 0 saturated heterocycles. The van der Waals surface area contributed by atoms with Crippen molar-refractivity contribution in [2.24, 2.45) is 0 Å². The molecule has 2 N–H and O–H groups in total. The molecule has 0 aliphatic rings. The van der Waals surface area contributed by atoms with E-state index in [4.69, 9.17) is 4.52 Å². The van der Waals surface area contributed by atoms with Gasteiger partial charge in [0, 0.05) is 11.1 Å². The van der Waals surface area contributed by atoms with Crippen LogP contribution in [0.2, 0.25) is 0 Å². The van der Waals surface area contributed by atoms with Crippen molar-refractivity contribution in [2.75, 3.05) is 0 Å². The van der Waals surface area contributed by atoms with Gasteiger partial charge in [-0.3, -0.25) is 0 Å². The molecule has 6 heteroatoms. The summed E-state index contributed by atoms with van der Waals surface area (Å²) in [5.41, 5.74) is 1.30. The minimum Gasteiger partial charge on any atom is -0.508 e. The van der Waals surface area contributed by atoms with E-state index in [1.165, 1.54) is 0 Å². The first-order valence-corrected chi connectivity index (χ1v) is 6.83. The fourth-order valence-corrected chi connectivity index (χ4v) is 2.08. The van der Waals surface area contributed by atoms with Gasteiger partial charge in [-0.15, -0.1) is 0 Å². The number of benzene rings is 2. The Bertz CT molecular complexity index is 771. The monoisotopic (exact) mass is 380 g/mol. The highest BCUT2D eigenvalue weighted by Crippen LogP contribution is 2.28. The zero-order valence-corrected chi connectivity index (χ0v) is 12.3. The van der Waals surface area contributed by atoms with E-state index in [1.807, 2.05) is 22.6 Å². The minimum atomic E-state index is 0.140. The Kier molecular flexibility index (Phi) is 3.31. The van der Waals surface area contributed by atoms with Crippen LogP contribution in [0.1, 0.15) is 0 Å². The lowest BCUT2D eigenvalue weighted by molar-refractivity contribution is 0.431. The minimum absolute atomic E-state index is 0.140. The van der Waals surface area contributed by atoms with E-state index in [1.54, 1.807) is 42.5 Å². The van der Waals surface area contributed by atoms with Gasteiger partial charge in [0.25, 0.3) is 5.89 Å². The molecule has 0 fully saturated rings. The SMILES string of the molecule is Oc1cccc(-c2noc(-c3ccc(I)c(O)c3)n2)c1. The number of phenols is 2. The number of rotatable bonds is 2. The highest BCUT2D eigenvalue weighted by Gasteiger charge is 2.12. The Balaban J connectivity index is 1.99. The van der Waals surface area contributed by atoms with Crippen molar-refractivity contribution >= 4 is 22.6 Å². The van der Waals surface area contributed by atoms with Gasteiger partial charge in [-0.2, -0.15) is 4.98 Å². The average Bonchev–Trinajstić information content (AvgIpc) is 2.92. The molecule has 3 rings (SSSR count). The molecule has 3 aromatic rings. The quantitative estimate of drug-likeness (QED) is 0.667. The molecule has 0 spiro atoms. The second-order valence-corrected chi connectivity index (χ2v) is 5.30. The molecular formula is C14H9IN2O3. The largest absolute Gasteiger partial charge is 0.508 e. The highest BCUT2D eigenvalue weighted by atomic mass is 127. The summed E-state index contributed by atoms with van der Waals surface area (Å²) in [6.07, 6.45) is 0.